The van der Waals surface area contributed by atoms with E-state index in [9.17, 15) is 10.0 Å². The fourth-order valence-corrected chi connectivity index (χ4v) is 4.65. The second-order valence-electron chi connectivity index (χ2n) is 9.06. The molecule has 0 aliphatic carbocycles. The van der Waals surface area contributed by atoms with Crippen molar-refractivity contribution in [1.29, 1.82) is 0 Å². The predicted molar refractivity (Wildman–Crippen MR) is 154 cm³/mol. The van der Waals surface area contributed by atoms with Crippen LogP contribution in [0, 0.1) is 12.1 Å². The molecule has 40 heavy (non-hydrogen) atoms. The quantitative estimate of drug-likeness (QED) is 0.214. The summed E-state index contributed by atoms with van der Waals surface area (Å²) in [5.74, 6) is 0.485. The van der Waals surface area contributed by atoms with Crippen LogP contribution >= 0.6 is 15.9 Å². The van der Waals surface area contributed by atoms with Gasteiger partial charge in [-0.2, -0.15) is 5.10 Å². The highest BCUT2D eigenvalue weighted by Crippen LogP contribution is 2.22. The fraction of sp³-hybridized carbons (Fsp3) is 0.107. The Labute approximate surface area is 236 Å². The Kier molecular flexibility index (Phi) is 6.74. The van der Waals surface area contributed by atoms with Crippen molar-refractivity contribution in [2.24, 2.45) is 0 Å². The maximum Gasteiger partial charge on any atom is 0.262 e. The van der Waals surface area contributed by atoms with Gasteiger partial charge in [0.15, 0.2) is 5.65 Å². The molecule has 0 spiro atoms. The van der Waals surface area contributed by atoms with Gasteiger partial charge in [-0.15, -0.1) is 0 Å². The van der Waals surface area contributed by atoms with Gasteiger partial charge >= 0.3 is 0 Å². The second-order valence-corrected chi connectivity index (χ2v) is 9.98. The molecular weight excluding hydrogens is 576 g/mol. The minimum absolute atomic E-state index is 0.235. The molecule has 0 radical (unpaired) electrons. The zero-order valence-electron chi connectivity index (χ0n) is 21.3. The molecule has 0 saturated heterocycles. The van der Waals surface area contributed by atoms with E-state index < -0.39 is 0 Å². The van der Waals surface area contributed by atoms with Gasteiger partial charge in [0, 0.05) is 26.6 Å². The standard InChI is InChI=1S/C28H23BrN8O3/c1-17-25-27(36(34-17)22-13-7-19(29)8-14-22)32-24(33-28(25)38)16-31-21-11-9-20(10-12-21)30-15-23-26(35-40-37(23)39)18-5-3-2-4-6-18/h2-14,30-31H,15-16H2,1H3,(H,32,33,38). The Bertz CT molecular complexity index is 1850. The number of nitrogens with zero attached hydrogens (tertiary/aromatic N) is 5. The fourth-order valence-electron chi connectivity index (χ4n) is 4.39. The third-order valence-electron chi connectivity index (χ3n) is 6.39. The van der Waals surface area contributed by atoms with Crippen molar-refractivity contribution in [3.05, 3.63) is 116 Å². The molecule has 0 amide bonds. The van der Waals surface area contributed by atoms with E-state index in [0.717, 1.165) is 27.1 Å². The first-order chi connectivity index (χ1) is 19.5. The molecule has 0 unspecified atom stereocenters. The number of halogens is 1. The van der Waals surface area contributed by atoms with E-state index in [2.05, 4.69) is 41.8 Å². The maximum absolute atomic E-state index is 12.9. The molecule has 0 fully saturated rings. The minimum Gasteiger partial charge on any atom is -0.378 e. The Morgan fingerprint density at radius 3 is 2.35 bits per heavy atom. The smallest absolute Gasteiger partial charge is 0.262 e. The van der Waals surface area contributed by atoms with Gasteiger partial charge in [0.25, 0.3) is 11.3 Å². The van der Waals surface area contributed by atoms with Crippen molar-refractivity contribution >= 4 is 38.3 Å². The van der Waals surface area contributed by atoms with Crippen LogP contribution in [0.3, 0.4) is 0 Å². The lowest BCUT2D eigenvalue weighted by atomic mass is 10.1. The zero-order valence-corrected chi connectivity index (χ0v) is 22.8. The van der Waals surface area contributed by atoms with Crippen molar-refractivity contribution in [2.45, 2.75) is 20.0 Å². The summed E-state index contributed by atoms with van der Waals surface area (Å²) in [7, 11) is 0. The Morgan fingerprint density at radius 1 is 0.975 bits per heavy atom. The summed E-state index contributed by atoms with van der Waals surface area (Å²) in [6.45, 7) is 2.34. The van der Waals surface area contributed by atoms with E-state index in [-0.39, 0.29) is 12.1 Å². The minimum atomic E-state index is -0.235. The predicted octanol–water partition coefficient (Wildman–Crippen LogP) is 4.69. The highest BCUT2D eigenvalue weighted by molar-refractivity contribution is 9.10. The summed E-state index contributed by atoms with van der Waals surface area (Å²) in [5.41, 5.74) is 5.02. The van der Waals surface area contributed by atoms with Crippen molar-refractivity contribution in [2.75, 3.05) is 10.6 Å². The maximum atomic E-state index is 12.9. The van der Waals surface area contributed by atoms with Crippen LogP contribution in [0.2, 0.25) is 0 Å². The molecule has 12 heteroatoms. The van der Waals surface area contributed by atoms with Crippen LogP contribution in [0.15, 0.2) is 92.8 Å². The number of benzene rings is 3. The first kappa shape index (κ1) is 25.3. The summed E-state index contributed by atoms with van der Waals surface area (Å²) >= 11 is 3.44. The van der Waals surface area contributed by atoms with Crippen LogP contribution in [0.1, 0.15) is 17.2 Å². The monoisotopic (exact) mass is 598 g/mol. The number of aromatic amines is 1. The van der Waals surface area contributed by atoms with Crippen LogP contribution in [0.25, 0.3) is 28.0 Å². The summed E-state index contributed by atoms with van der Waals surface area (Å²) < 4.78 is 7.46. The third-order valence-corrected chi connectivity index (χ3v) is 6.91. The molecule has 0 saturated carbocycles. The average Bonchev–Trinajstić information content (AvgIpc) is 3.51. The largest absolute Gasteiger partial charge is 0.378 e. The molecule has 0 atom stereocenters. The highest BCUT2D eigenvalue weighted by Gasteiger charge is 2.20. The van der Waals surface area contributed by atoms with E-state index in [1.807, 2.05) is 78.9 Å². The van der Waals surface area contributed by atoms with Gasteiger partial charge in [0.05, 0.1) is 24.5 Å². The zero-order chi connectivity index (χ0) is 27.6. The van der Waals surface area contributed by atoms with Crippen LogP contribution in [0.4, 0.5) is 11.4 Å². The van der Waals surface area contributed by atoms with Crippen molar-refractivity contribution < 1.29 is 9.53 Å². The number of hydrogen-bond acceptors (Lipinski definition) is 8. The molecule has 3 heterocycles. The second kappa shape index (κ2) is 10.7. The molecule has 6 rings (SSSR count). The lowest BCUT2D eigenvalue weighted by Crippen LogP contribution is -2.29. The van der Waals surface area contributed by atoms with Crippen LogP contribution in [-0.4, -0.2) is 24.9 Å². The van der Waals surface area contributed by atoms with Crippen molar-refractivity contribution in [3.63, 3.8) is 0 Å². The van der Waals surface area contributed by atoms with Gasteiger partial charge in [0.1, 0.15) is 11.2 Å². The van der Waals surface area contributed by atoms with Crippen molar-refractivity contribution in [3.8, 4) is 16.9 Å². The number of rotatable bonds is 8. The molecule has 3 aromatic heterocycles. The molecule has 0 bridgehead atoms. The van der Waals surface area contributed by atoms with E-state index in [1.54, 1.807) is 11.6 Å². The van der Waals surface area contributed by atoms with E-state index >= 15 is 0 Å². The summed E-state index contributed by atoms with van der Waals surface area (Å²) in [4.78, 5) is 20.8. The van der Waals surface area contributed by atoms with E-state index in [1.165, 1.54) is 0 Å². The Hall–Kier alpha value is -4.97. The SMILES string of the molecule is Cc1nn(-c2ccc(Br)cc2)c2nc(CNc3ccc(NCc4c(-c5ccccc5)no[n+]4[O-])cc3)[nH]c(=O)c12. The van der Waals surface area contributed by atoms with Gasteiger partial charge < -0.3 is 20.8 Å². The summed E-state index contributed by atoms with van der Waals surface area (Å²) in [5, 5.41) is 27.6. The number of nitrogens with one attached hydrogen (secondary N) is 3. The molecule has 0 aliphatic heterocycles. The number of fused-ring (bicyclic) bond motifs is 1. The van der Waals surface area contributed by atoms with E-state index in [0.29, 0.717) is 45.4 Å². The lowest BCUT2D eigenvalue weighted by molar-refractivity contribution is -0.807. The molecule has 6 aromatic rings. The average molecular weight is 599 g/mol. The summed E-state index contributed by atoms with van der Waals surface area (Å²) in [6.07, 6.45) is 0. The van der Waals surface area contributed by atoms with E-state index in [4.69, 9.17) is 9.61 Å². The first-order valence-corrected chi connectivity index (χ1v) is 13.2. The van der Waals surface area contributed by atoms with Gasteiger partial charge in [-0.3, -0.25) is 9.42 Å². The Balaban J connectivity index is 1.15. The molecule has 11 nitrogen and oxygen atoms in total. The molecule has 3 N–H and O–H groups in total. The van der Waals surface area contributed by atoms with Gasteiger partial charge in [0.2, 0.25) is 5.69 Å². The number of aromatic nitrogens is 6. The number of anilines is 2. The van der Waals surface area contributed by atoms with Crippen LogP contribution < -0.4 is 21.1 Å². The summed E-state index contributed by atoms with van der Waals surface area (Å²) in [6, 6.07) is 24.6. The molecular formula is C28H23BrN8O3. The van der Waals surface area contributed by atoms with Crippen molar-refractivity contribution in [1.82, 2.24) is 24.9 Å². The van der Waals surface area contributed by atoms with Crippen LogP contribution in [0.5, 0.6) is 0 Å². The number of hydrogen-bond donors (Lipinski definition) is 3. The first-order valence-electron chi connectivity index (χ1n) is 12.4. The number of aryl methyl sites for hydroxylation is 1. The third kappa shape index (κ3) is 5.04. The normalized spacial score (nSPS) is 11.2. The van der Waals surface area contributed by atoms with Crippen LogP contribution in [-0.2, 0) is 13.1 Å². The number of H-pyrrole nitrogens is 1. The Morgan fingerprint density at radius 2 is 1.65 bits per heavy atom. The van der Waals surface area contributed by atoms with Gasteiger partial charge in [-0.05, 0) is 60.4 Å². The molecule has 0 aliphatic rings. The topological polar surface area (TPSA) is 141 Å². The lowest BCUT2D eigenvalue weighted by Gasteiger charge is -2.09. The highest BCUT2D eigenvalue weighted by atomic mass is 79.9. The molecule has 3 aromatic carbocycles. The van der Waals surface area contributed by atoms with Gasteiger partial charge in [-0.25, -0.2) is 9.67 Å². The van der Waals surface area contributed by atoms with Gasteiger partial charge in [-0.1, -0.05) is 46.3 Å². The molecule has 200 valence electrons.